The van der Waals surface area contributed by atoms with Gasteiger partial charge in [-0.25, -0.2) is 0 Å². The molecular weight excluding hydrogens is 600 g/mol. The molecule has 7 aromatic rings. The highest BCUT2D eigenvalue weighted by Crippen LogP contribution is 2.43. The highest BCUT2D eigenvalue weighted by Gasteiger charge is 2.45. The molecule has 0 bridgehead atoms. The number of halogens is 4. The molecule has 228 valence electrons. The SMILES string of the molecule is F[B-]1(F)n2cccc2[C+](c2ccc(N(c3ccccc3)c3ccc([C+]4c5cccn5[B-](F)(F)n5cccc54)cc3)cc2)c2cccn21. The molecule has 0 aliphatic carbocycles. The van der Waals surface area contributed by atoms with Crippen LogP contribution in [0, 0.1) is 11.8 Å². The van der Waals surface area contributed by atoms with Gasteiger partial charge < -0.3 is 40.1 Å². The topological polar surface area (TPSA) is 23.0 Å². The zero-order valence-electron chi connectivity index (χ0n) is 24.8. The lowest BCUT2D eigenvalue weighted by Gasteiger charge is -2.37. The molecule has 0 saturated heterocycles. The maximum atomic E-state index is 15.3. The Morgan fingerprint density at radius 1 is 0.383 bits per heavy atom. The number of aromatic nitrogens is 4. The number of hydrogen-bond donors (Lipinski definition) is 0. The fraction of sp³-hybridized carbons (Fsp3) is 0. The van der Waals surface area contributed by atoms with Crippen molar-refractivity contribution in [2.75, 3.05) is 4.90 Å². The summed E-state index contributed by atoms with van der Waals surface area (Å²) in [5, 5.41) is 0. The molecule has 6 heterocycles. The molecule has 0 fully saturated rings. The first kappa shape index (κ1) is 27.5. The number of hydrogen-bond acceptors (Lipinski definition) is 1. The molecule has 2 aliphatic rings. The number of para-hydroxylation sites is 1. The van der Waals surface area contributed by atoms with Gasteiger partial charge in [0.05, 0.1) is 45.3 Å². The summed E-state index contributed by atoms with van der Waals surface area (Å²) in [5.74, 6) is 1.47. The Morgan fingerprint density at radius 2 is 0.702 bits per heavy atom. The van der Waals surface area contributed by atoms with Crippen LogP contribution in [0.1, 0.15) is 33.9 Å². The molecule has 0 amide bonds. The van der Waals surface area contributed by atoms with E-state index in [1.807, 2.05) is 78.9 Å². The Kier molecular flexibility index (Phi) is 5.75. The van der Waals surface area contributed by atoms with Crippen molar-refractivity contribution in [3.8, 4) is 0 Å². The molecular formula is C36H25B2F4N5. The number of rotatable bonds is 5. The second kappa shape index (κ2) is 9.83. The van der Waals surface area contributed by atoms with E-state index >= 15 is 17.3 Å². The van der Waals surface area contributed by atoms with Crippen LogP contribution in [0.2, 0.25) is 0 Å². The summed E-state index contributed by atoms with van der Waals surface area (Å²) < 4.78 is 65.5. The summed E-state index contributed by atoms with van der Waals surface area (Å²) in [6, 6.07) is 39.2. The predicted octanol–water partition coefficient (Wildman–Crippen LogP) is 8.57. The maximum absolute atomic E-state index is 15.3. The first-order valence-corrected chi connectivity index (χ1v) is 15.4. The van der Waals surface area contributed by atoms with Gasteiger partial charge in [-0.1, -0.05) is 18.2 Å². The van der Waals surface area contributed by atoms with Gasteiger partial charge in [0.2, 0.25) is 0 Å². The number of anilines is 3. The van der Waals surface area contributed by atoms with Crippen LogP contribution in [0.25, 0.3) is 0 Å². The van der Waals surface area contributed by atoms with Crippen molar-refractivity contribution < 1.29 is 17.3 Å². The minimum atomic E-state index is -3.97. The first-order valence-electron chi connectivity index (χ1n) is 15.4. The van der Waals surface area contributed by atoms with E-state index in [-0.39, 0.29) is 0 Å². The van der Waals surface area contributed by atoms with Gasteiger partial charge in [0.25, 0.3) is 0 Å². The third-order valence-corrected chi connectivity index (χ3v) is 9.32. The second-order valence-corrected chi connectivity index (χ2v) is 11.9. The lowest BCUT2D eigenvalue weighted by Crippen LogP contribution is -2.48. The van der Waals surface area contributed by atoms with Crippen molar-refractivity contribution >= 4 is 31.0 Å². The van der Waals surface area contributed by atoms with Crippen LogP contribution >= 0.6 is 0 Å². The van der Waals surface area contributed by atoms with E-state index in [4.69, 9.17) is 0 Å². The summed E-state index contributed by atoms with van der Waals surface area (Å²) in [5.41, 5.74) is 6.21. The average Bonchev–Trinajstić information content (AvgIpc) is 3.91. The minimum absolute atomic E-state index is 0.473. The standard InChI is InChI=1S/C36H25B2F4N5/c39-37(40)43-22-4-10-31(43)35(32-11-5-23-44(32)37)26-14-18-29(19-15-26)47(28-8-2-1-3-9-28)30-20-16-27(17-21-30)36-33-12-6-24-45(33)38(41,42)46-25-7-13-34(36)46/h1-25H. The van der Waals surface area contributed by atoms with Gasteiger partial charge in [-0.2, -0.15) is 0 Å². The predicted molar refractivity (Wildman–Crippen MR) is 177 cm³/mol. The Hall–Kier alpha value is -5.83. The van der Waals surface area contributed by atoms with E-state index in [9.17, 15) is 0 Å². The lowest BCUT2D eigenvalue weighted by molar-refractivity contribution is 0.520. The van der Waals surface area contributed by atoms with Gasteiger partial charge in [-0.05, 0) is 85.5 Å². The van der Waals surface area contributed by atoms with Gasteiger partial charge in [-0.15, -0.1) is 0 Å². The molecule has 0 unspecified atom stereocenters. The number of fused-ring (bicyclic) bond motifs is 4. The molecule has 0 spiro atoms. The smallest absolute Gasteiger partial charge is 0.437 e. The van der Waals surface area contributed by atoms with Gasteiger partial charge in [-0.3, -0.25) is 0 Å². The Labute approximate surface area is 268 Å². The zero-order chi connectivity index (χ0) is 31.9. The van der Waals surface area contributed by atoms with Crippen molar-refractivity contribution in [3.05, 3.63) is 198 Å². The highest BCUT2D eigenvalue weighted by molar-refractivity contribution is 6.64. The van der Waals surface area contributed by atoms with Crippen LogP contribution in [-0.2, 0) is 0 Å². The summed E-state index contributed by atoms with van der Waals surface area (Å²) in [6.45, 7) is -7.95. The van der Waals surface area contributed by atoms with Crippen molar-refractivity contribution in [3.63, 3.8) is 0 Å². The van der Waals surface area contributed by atoms with E-state index < -0.39 is 13.9 Å². The van der Waals surface area contributed by atoms with E-state index in [0.717, 1.165) is 57.9 Å². The zero-order valence-corrected chi connectivity index (χ0v) is 24.8. The molecule has 9 rings (SSSR count). The largest absolute Gasteiger partial charge is 0.534 e. The van der Waals surface area contributed by atoms with Crippen LogP contribution in [0.3, 0.4) is 0 Å². The van der Waals surface area contributed by atoms with E-state index in [2.05, 4.69) is 4.90 Å². The van der Waals surface area contributed by atoms with Crippen molar-refractivity contribution in [2.24, 2.45) is 0 Å². The van der Waals surface area contributed by atoms with Crippen molar-refractivity contribution in [1.29, 1.82) is 0 Å². The summed E-state index contributed by atoms with van der Waals surface area (Å²) in [7, 11) is 0. The maximum Gasteiger partial charge on any atom is 0.534 e. The fourth-order valence-electron chi connectivity index (χ4n) is 7.21. The monoisotopic (exact) mass is 625 g/mol. The average molecular weight is 625 g/mol. The molecule has 0 atom stereocenters. The van der Waals surface area contributed by atoms with Crippen molar-refractivity contribution in [2.45, 2.75) is 0 Å². The molecule has 11 heteroatoms. The third-order valence-electron chi connectivity index (χ3n) is 9.32. The first-order chi connectivity index (χ1) is 22.8. The fourth-order valence-corrected chi connectivity index (χ4v) is 7.21. The van der Waals surface area contributed by atoms with Crippen LogP contribution < -0.4 is 4.90 Å². The van der Waals surface area contributed by atoms with Gasteiger partial charge >= 0.3 is 13.9 Å². The van der Waals surface area contributed by atoms with Gasteiger partial charge in [0.1, 0.15) is 11.8 Å². The van der Waals surface area contributed by atoms with E-state index in [1.165, 1.54) is 24.8 Å². The molecule has 0 saturated carbocycles. The van der Waals surface area contributed by atoms with Crippen LogP contribution in [0.15, 0.2) is 152 Å². The molecule has 2 aliphatic heterocycles. The van der Waals surface area contributed by atoms with Gasteiger partial charge in [0.15, 0.2) is 0 Å². The molecule has 47 heavy (non-hydrogen) atoms. The minimum Gasteiger partial charge on any atom is -0.437 e. The third kappa shape index (κ3) is 3.92. The highest BCUT2D eigenvalue weighted by atomic mass is 19.3. The van der Waals surface area contributed by atoms with E-state index in [0.29, 0.717) is 22.8 Å². The van der Waals surface area contributed by atoms with Crippen LogP contribution in [-0.4, -0.2) is 31.9 Å². The molecule has 4 aromatic heterocycles. The summed E-state index contributed by atoms with van der Waals surface area (Å²) >= 11 is 0. The Morgan fingerprint density at radius 3 is 1.04 bits per heavy atom. The van der Waals surface area contributed by atoms with Crippen LogP contribution in [0.5, 0.6) is 0 Å². The molecule has 5 nitrogen and oxygen atoms in total. The molecule has 0 N–H and O–H groups in total. The second-order valence-electron chi connectivity index (χ2n) is 11.9. The van der Waals surface area contributed by atoms with Crippen molar-refractivity contribution in [1.82, 2.24) is 17.9 Å². The number of benzene rings is 3. The molecule has 3 aromatic carbocycles. The van der Waals surface area contributed by atoms with Gasteiger partial charge in [0, 0.05) is 54.2 Å². The lowest BCUT2D eigenvalue weighted by atomic mass is 9.82. The van der Waals surface area contributed by atoms with E-state index in [1.54, 1.807) is 48.5 Å². The normalized spacial score (nSPS) is 15.5. The van der Waals surface area contributed by atoms with Crippen LogP contribution in [0.4, 0.5) is 34.3 Å². The summed E-state index contributed by atoms with van der Waals surface area (Å²) in [6.07, 6.45) is 5.72. The Bertz CT molecular complexity index is 2000. The quantitative estimate of drug-likeness (QED) is 0.107. The molecule has 0 radical (unpaired) electrons. The number of nitrogens with zero attached hydrogens (tertiary/aromatic N) is 5. The Balaban J connectivity index is 1.09. The summed E-state index contributed by atoms with van der Waals surface area (Å²) in [4.78, 5) is 2.11.